The van der Waals surface area contributed by atoms with Crippen molar-refractivity contribution < 1.29 is 19.0 Å². The van der Waals surface area contributed by atoms with E-state index in [0.29, 0.717) is 6.42 Å². The van der Waals surface area contributed by atoms with Gasteiger partial charge in [-0.15, -0.1) is 0 Å². The number of methoxy groups -OCH3 is 1. The minimum Gasteiger partial charge on any atom is -0.497 e. The number of aliphatic carboxylic acids is 1. The number of hydrogen-bond acceptors (Lipinski definition) is 2. The summed E-state index contributed by atoms with van der Waals surface area (Å²) in [6.07, 6.45) is -1.42. The molecule has 88 valence electrons. The monoisotopic (exact) mass is 226 g/mol. The molecular formula is C12H15FO3. The van der Waals surface area contributed by atoms with Gasteiger partial charge >= 0.3 is 5.97 Å². The second-order valence-electron chi connectivity index (χ2n) is 3.77. The van der Waals surface area contributed by atoms with Crippen molar-refractivity contribution in [2.45, 2.75) is 19.5 Å². The minimum absolute atomic E-state index is 0.400. The van der Waals surface area contributed by atoms with Crippen LogP contribution in [0.1, 0.15) is 12.5 Å². The van der Waals surface area contributed by atoms with E-state index in [4.69, 9.17) is 9.84 Å². The van der Waals surface area contributed by atoms with E-state index in [1.165, 1.54) is 0 Å². The number of rotatable bonds is 5. The lowest BCUT2D eigenvalue weighted by Gasteiger charge is -2.13. The number of carboxylic acids is 1. The van der Waals surface area contributed by atoms with Crippen LogP contribution in [-0.4, -0.2) is 24.4 Å². The predicted octanol–water partition coefficient (Wildman–Crippen LogP) is 2.30. The second-order valence-corrected chi connectivity index (χ2v) is 3.77. The number of hydrogen-bond donors (Lipinski definition) is 1. The first-order chi connectivity index (χ1) is 7.54. The van der Waals surface area contributed by atoms with Crippen molar-refractivity contribution in [1.82, 2.24) is 0 Å². The molecule has 0 saturated carbocycles. The van der Waals surface area contributed by atoms with Gasteiger partial charge in [-0.25, -0.2) is 9.18 Å². The Morgan fingerprint density at radius 3 is 2.44 bits per heavy atom. The Balaban J connectivity index is 2.62. The van der Waals surface area contributed by atoms with E-state index < -0.39 is 18.1 Å². The fourth-order valence-corrected chi connectivity index (χ4v) is 1.48. The van der Waals surface area contributed by atoms with Gasteiger partial charge in [0.25, 0.3) is 0 Å². The van der Waals surface area contributed by atoms with Crippen LogP contribution >= 0.6 is 0 Å². The summed E-state index contributed by atoms with van der Waals surface area (Å²) >= 11 is 0. The molecule has 0 saturated heterocycles. The molecular weight excluding hydrogens is 211 g/mol. The quantitative estimate of drug-likeness (QED) is 0.837. The third-order valence-corrected chi connectivity index (χ3v) is 2.45. The van der Waals surface area contributed by atoms with Gasteiger partial charge in [-0.3, -0.25) is 0 Å². The summed E-state index contributed by atoms with van der Waals surface area (Å²) < 4.78 is 18.1. The number of halogens is 1. The zero-order valence-corrected chi connectivity index (χ0v) is 9.31. The average molecular weight is 226 g/mol. The largest absolute Gasteiger partial charge is 0.497 e. The van der Waals surface area contributed by atoms with Crippen LogP contribution in [0, 0.1) is 5.92 Å². The molecule has 1 aromatic carbocycles. The van der Waals surface area contributed by atoms with E-state index in [9.17, 15) is 9.18 Å². The molecule has 1 aromatic rings. The van der Waals surface area contributed by atoms with E-state index in [1.807, 2.05) is 12.1 Å². The Kier molecular flexibility index (Phi) is 4.28. The third kappa shape index (κ3) is 3.22. The van der Waals surface area contributed by atoms with E-state index in [1.54, 1.807) is 26.2 Å². The van der Waals surface area contributed by atoms with Crippen LogP contribution < -0.4 is 4.74 Å². The lowest BCUT2D eigenvalue weighted by atomic mass is 9.97. The molecule has 2 atom stereocenters. The molecule has 1 rings (SSSR count). The van der Waals surface area contributed by atoms with Gasteiger partial charge in [0.1, 0.15) is 5.75 Å². The molecule has 1 N–H and O–H groups in total. The first-order valence-corrected chi connectivity index (χ1v) is 5.04. The summed E-state index contributed by atoms with van der Waals surface area (Å²) in [7, 11) is 1.57. The Hall–Kier alpha value is -1.58. The maximum Gasteiger partial charge on any atom is 0.338 e. The van der Waals surface area contributed by atoms with E-state index in [2.05, 4.69) is 0 Å². The number of benzene rings is 1. The topological polar surface area (TPSA) is 46.5 Å². The number of alkyl halides is 1. The molecule has 0 bridgehead atoms. The van der Waals surface area contributed by atoms with Gasteiger partial charge in [0.2, 0.25) is 0 Å². The van der Waals surface area contributed by atoms with E-state index >= 15 is 0 Å². The smallest absolute Gasteiger partial charge is 0.338 e. The highest BCUT2D eigenvalue weighted by atomic mass is 19.1. The molecule has 0 radical (unpaired) electrons. The molecule has 0 aliphatic heterocycles. The molecule has 0 aliphatic rings. The molecule has 0 aliphatic carbocycles. The van der Waals surface area contributed by atoms with Gasteiger partial charge in [-0.05, 0) is 24.1 Å². The van der Waals surface area contributed by atoms with Crippen molar-refractivity contribution in [2.75, 3.05) is 7.11 Å². The third-order valence-electron chi connectivity index (χ3n) is 2.45. The Bertz CT molecular complexity index is 348. The fourth-order valence-electron chi connectivity index (χ4n) is 1.48. The van der Waals surface area contributed by atoms with Crippen molar-refractivity contribution in [1.29, 1.82) is 0 Å². The van der Waals surface area contributed by atoms with E-state index in [0.717, 1.165) is 11.3 Å². The lowest BCUT2D eigenvalue weighted by Crippen LogP contribution is -2.24. The summed E-state index contributed by atoms with van der Waals surface area (Å²) in [6.45, 7) is 1.59. The van der Waals surface area contributed by atoms with Crippen LogP contribution in [0.25, 0.3) is 0 Å². The highest BCUT2D eigenvalue weighted by Gasteiger charge is 2.23. The molecule has 16 heavy (non-hydrogen) atoms. The lowest BCUT2D eigenvalue weighted by molar-refractivity contribution is -0.144. The zero-order chi connectivity index (χ0) is 12.1. The molecule has 0 aromatic heterocycles. The van der Waals surface area contributed by atoms with Crippen LogP contribution in [0.4, 0.5) is 4.39 Å². The van der Waals surface area contributed by atoms with Gasteiger partial charge in [0, 0.05) is 5.92 Å². The summed E-state index contributed by atoms with van der Waals surface area (Å²) in [5.74, 6) is -1.21. The van der Waals surface area contributed by atoms with E-state index in [-0.39, 0.29) is 0 Å². The summed E-state index contributed by atoms with van der Waals surface area (Å²) in [6, 6.07) is 7.17. The van der Waals surface area contributed by atoms with Crippen LogP contribution in [0.5, 0.6) is 5.75 Å². The zero-order valence-electron chi connectivity index (χ0n) is 9.31. The van der Waals surface area contributed by atoms with Gasteiger partial charge in [-0.2, -0.15) is 0 Å². The Labute approximate surface area is 93.9 Å². The van der Waals surface area contributed by atoms with Crippen molar-refractivity contribution in [3.8, 4) is 5.75 Å². The van der Waals surface area contributed by atoms with Gasteiger partial charge in [0.15, 0.2) is 6.17 Å². The predicted molar refractivity (Wildman–Crippen MR) is 58.4 cm³/mol. The van der Waals surface area contributed by atoms with Gasteiger partial charge in [-0.1, -0.05) is 19.1 Å². The van der Waals surface area contributed by atoms with Crippen molar-refractivity contribution in [3.63, 3.8) is 0 Å². The summed E-state index contributed by atoms with van der Waals surface area (Å²) in [5.41, 5.74) is 0.900. The first kappa shape index (κ1) is 12.5. The molecule has 0 heterocycles. The number of carbonyl (C=O) groups is 1. The average Bonchev–Trinajstić information content (AvgIpc) is 2.28. The van der Waals surface area contributed by atoms with Crippen LogP contribution in [0.15, 0.2) is 24.3 Å². The summed E-state index contributed by atoms with van der Waals surface area (Å²) in [4.78, 5) is 10.4. The highest BCUT2D eigenvalue weighted by molar-refractivity contribution is 5.72. The van der Waals surface area contributed by atoms with Crippen molar-refractivity contribution in [3.05, 3.63) is 29.8 Å². The highest BCUT2D eigenvalue weighted by Crippen LogP contribution is 2.17. The Morgan fingerprint density at radius 2 is 2.00 bits per heavy atom. The molecule has 0 amide bonds. The molecule has 0 spiro atoms. The van der Waals surface area contributed by atoms with Crippen LogP contribution in [-0.2, 0) is 11.2 Å². The van der Waals surface area contributed by atoms with Crippen LogP contribution in [0.2, 0.25) is 0 Å². The van der Waals surface area contributed by atoms with Gasteiger partial charge < -0.3 is 9.84 Å². The minimum atomic E-state index is -1.82. The standard InChI is InChI=1S/C12H15FO3/c1-8(11(13)12(14)15)7-9-3-5-10(16-2)6-4-9/h3-6,8,11H,7H2,1-2H3,(H,14,15). The fraction of sp³-hybridized carbons (Fsp3) is 0.417. The molecule has 2 unspecified atom stereocenters. The molecule has 4 heteroatoms. The second kappa shape index (κ2) is 5.49. The normalized spacial score (nSPS) is 14.2. The SMILES string of the molecule is COc1ccc(CC(C)C(F)C(=O)O)cc1. The Morgan fingerprint density at radius 1 is 1.44 bits per heavy atom. The van der Waals surface area contributed by atoms with Crippen molar-refractivity contribution in [2.24, 2.45) is 5.92 Å². The number of carboxylic acid groups (broad SMARTS) is 1. The van der Waals surface area contributed by atoms with Crippen molar-refractivity contribution >= 4 is 5.97 Å². The maximum atomic E-state index is 13.1. The van der Waals surface area contributed by atoms with Crippen LogP contribution in [0.3, 0.4) is 0 Å². The summed E-state index contributed by atoms with van der Waals surface area (Å²) in [5, 5.41) is 8.52. The molecule has 3 nitrogen and oxygen atoms in total. The van der Waals surface area contributed by atoms with Gasteiger partial charge in [0.05, 0.1) is 7.11 Å². The first-order valence-electron chi connectivity index (χ1n) is 5.04. The number of ether oxygens (including phenoxy) is 1. The molecule has 0 fully saturated rings. The maximum absolute atomic E-state index is 13.1.